The molecule has 1 aromatic rings. The fourth-order valence-corrected chi connectivity index (χ4v) is 4.70. The highest BCUT2D eigenvalue weighted by molar-refractivity contribution is 6.10. The zero-order valence-corrected chi connectivity index (χ0v) is 16.2. The van der Waals surface area contributed by atoms with Crippen LogP contribution in [0.5, 0.6) is 0 Å². The van der Waals surface area contributed by atoms with E-state index in [9.17, 15) is 18.8 Å². The van der Waals surface area contributed by atoms with E-state index in [0.29, 0.717) is 12.8 Å². The van der Waals surface area contributed by atoms with Crippen LogP contribution in [0.15, 0.2) is 18.2 Å². The smallest absolute Gasteiger partial charge is 0.323 e. The van der Waals surface area contributed by atoms with Crippen LogP contribution in [0.25, 0.3) is 0 Å². The third kappa shape index (κ3) is 3.82. The fourth-order valence-electron chi connectivity index (χ4n) is 4.70. The molecule has 1 aromatic carbocycles. The highest BCUT2D eigenvalue weighted by Gasteiger charge is 2.56. The van der Waals surface area contributed by atoms with Gasteiger partial charge in [0.2, 0.25) is 5.91 Å². The van der Waals surface area contributed by atoms with Crippen molar-refractivity contribution in [1.29, 1.82) is 0 Å². The summed E-state index contributed by atoms with van der Waals surface area (Å²) < 4.78 is 13.9. The van der Waals surface area contributed by atoms with Crippen molar-refractivity contribution in [2.45, 2.75) is 52.5 Å². The van der Waals surface area contributed by atoms with E-state index in [0.717, 1.165) is 16.9 Å². The van der Waals surface area contributed by atoms with Gasteiger partial charge < -0.3 is 10.6 Å². The van der Waals surface area contributed by atoms with Crippen LogP contribution in [0.3, 0.4) is 0 Å². The van der Waals surface area contributed by atoms with Gasteiger partial charge in [0.05, 0.1) is 5.69 Å². The van der Waals surface area contributed by atoms with E-state index in [-0.39, 0.29) is 22.9 Å². The summed E-state index contributed by atoms with van der Waals surface area (Å²) in [7, 11) is 0. The average Bonchev–Trinajstić information content (AvgIpc) is 2.72. The first kappa shape index (κ1) is 19.3. The lowest BCUT2D eigenvalue weighted by molar-refractivity contribution is -0.136. The zero-order valence-electron chi connectivity index (χ0n) is 16.2. The van der Waals surface area contributed by atoms with Crippen LogP contribution in [0.1, 0.15) is 45.6 Å². The molecule has 2 aliphatic rings. The average molecular weight is 375 g/mol. The summed E-state index contributed by atoms with van der Waals surface area (Å²) in [5, 5.41) is 5.26. The molecule has 3 rings (SSSR count). The monoisotopic (exact) mass is 375 g/mol. The van der Waals surface area contributed by atoms with Crippen molar-refractivity contribution >= 4 is 23.5 Å². The Balaban J connectivity index is 1.73. The molecular weight excluding hydrogens is 349 g/mol. The number of imide groups is 1. The minimum atomic E-state index is -0.951. The second kappa shape index (κ2) is 6.62. The molecule has 27 heavy (non-hydrogen) atoms. The van der Waals surface area contributed by atoms with Gasteiger partial charge in [0, 0.05) is 0 Å². The van der Waals surface area contributed by atoms with Gasteiger partial charge in [-0.2, -0.15) is 0 Å². The predicted octanol–water partition coefficient (Wildman–Crippen LogP) is 3.21. The first-order chi connectivity index (χ1) is 12.5. The van der Waals surface area contributed by atoms with Crippen molar-refractivity contribution in [3.05, 3.63) is 29.6 Å². The molecule has 0 radical (unpaired) electrons. The summed E-state index contributed by atoms with van der Waals surface area (Å²) in [6, 6.07) is 3.88. The summed E-state index contributed by atoms with van der Waals surface area (Å²) in [5.41, 5.74) is -0.271. The molecule has 1 aliphatic carbocycles. The van der Waals surface area contributed by atoms with Gasteiger partial charge in [-0.15, -0.1) is 0 Å². The zero-order chi connectivity index (χ0) is 20.0. The van der Waals surface area contributed by atoms with E-state index in [1.807, 2.05) is 0 Å². The van der Waals surface area contributed by atoms with Crippen LogP contribution in [-0.2, 0) is 9.59 Å². The molecule has 1 saturated heterocycles. The Labute approximate surface area is 158 Å². The van der Waals surface area contributed by atoms with E-state index in [2.05, 4.69) is 31.4 Å². The van der Waals surface area contributed by atoms with Gasteiger partial charge in [0.25, 0.3) is 5.91 Å². The summed E-state index contributed by atoms with van der Waals surface area (Å²) >= 11 is 0. The number of anilines is 1. The number of urea groups is 1. The molecule has 6 nitrogen and oxygen atoms in total. The third-order valence-corrected chi connectivity index (χ3v) is 5.32. The van der Waals surface area contributed by atoms with Crippen molar-refractivity contribution in [3.8, 4) is 0 Å². The largest absolute Gasteiger partial charge is 0.325 e. The number of carbonyl (C=O) groups is 3. The Kier molecular flexibility index (Phi) is 4.74. The van der Waals surface area contributed by atoms with E-state index in [1.54, 1.807) is 13.0 Å². The third-order valence-electron chi connectivity index (χ3n) is 5.32. The Bertz CT molecular complexity index is 808. The molecule has 2 unspecified atom stereocenters. The minimum Gasteiger partial charge on any atom is -0.323 e. The molecule has 2 N–H and O–H groups in total. The van der Waals surface area contributed by atoms with Crippen molar-refractivity contribution in [2.24, 2.45) is 11.3 Å². The number of nitrogens with one attached hydrogen (secondary N) is 2. The Morgan fingerprint density at radius 2 is 2.04 bits per heavy atom. The van der Waals surface area contributed by atoms with Crippen LogP contribution in [-0.4, -0.2) is 34.8 Å². The molecule has 1 heterocycles. The van der Waals surface area contributed by atoms with Crippen molar-refractivity contribution in [1.82, 2.24) is 10.2 Å². The number of aryl methyl sites for hydroxylation is 1. The second-order valence-corrected chi connectivity index (χ2v) is 8.79. The predicted molar refractivity (Wildman–Crippen MR) is 99.5 cm³/mol. The molecule has 4 amide bonds. The van der Waals surface area contributed by atoms with Gasteiger partial charge in [-0.3, -0.25) is 14.5 Å². The lowest BCUT2D eigenvalue weighted by Crippen LogP contribution is -2.54. The van der Waals surface area contributed by atoms with Gasteiger partial charge in [-0.25, -0.2) is 9.18 Å². The normalized spacial score (nSPS) is 27.0. The van der Waals surface area contributed by atoms with Gasteiger partial charge in [0.1, 0.15) is 17.9 Å². The number of rotatable bonds is 3. The number of hydrogen-bond donors (Lipinski definition) is 2. The SMILES string of the molecule is Cc1ccc(NC(=O)CN2C(=O)NC3(CC(C)CC(C)(C)C3)C2=O)c(F)c1. The van der Waals surface area contributed by atoms with Gasteiger partial charge in [-0.1, -0.05) is 26.8 Å². The number of amides is 4. The molecule has 146 valence electrons. The standard InChI is InChI=1S/C20H26FN3O3/c1-12-5-6-15(14(21)7-12)22-16(25)10-24-17(26)20(23-18(24)27)9-13(2)8-19(3,4)11-20/h5-7,13H,8-11H2,1-4H3,(H,22,25)(H,23,27). The maximum Gasteiger partial charge on any atom is 0.325 e. The van der Waals surface area contributed by atoms with Gasteiger partial charge >= 0.3 is 6.03 Å². The molecular formula is C20H26FN3O3. The lowest BCUT2D eigenvalue weighted by Gasteiger charge is -2.43. The van der Waals surface area contributed by atoms with Crippen molar-refractivity contribution in [3.63, 3.8) is 0 Å². The second-order valence-electron chi connectivity index (χ2n) is 8.79. The Hall–Kier alpha value is -2.44. The molecule has 2 fully saturated rings. The molecule has 7 heteroatoms. The van der Waals surface area contributed by atoms with Gasteiger partial charge in [0.15, 0.2) is 0 Å². The minimum absolute atomic E-state index is 0.0276. The lowest BCUT2D eigenvalue weighted by atomic mass is 9.64. The van der Waals surface area contributed by atoms with E-state index in [4.69, 9.17) is 0 Å². The highest BCUT2D eigenvalue weighted by Crippen LogP contribution is 2.46. The van der Waals surface area contributed by atoms with Crippen LogP contribution in [0.2, 0.25) is 0 Å². The quantitative estimate of drug-likeness (QED) is 0.797. The van der Waals surface area contributed by atoms with E-state index >= 15 is 0 Å². The molecule has 2 atom stereocenters. The number of benzene rings is 1. The molecule has 1 spiro atoms. The van der Waals surface area contributed by atoms with Crippen molar-refractivity contribution in [2.75, 3.05) is 11.9 Å². The summed E-state index contributed by atoms with van der Waals surface area (Å²) in [4.78, 5) is 38.7. The number of halogens is 1. The summed E-state index contributed by atoms with van der Waals surface area (Å²) in [6.07, 6.45) is 2.08. The highest BCUT2D eigenvalue weighted by atomic mass is 19.1. The molecule has 1 saturated carbocycles. The van der Waals surface area contributed by atoms with Gasteiger partial charge in [-0.05, 0) is 55.2 Å². The Morgan fingerprint density at radius 3 is 2.67 bits per heavy atom. The molecule has 0 aromatic heterocycles. The fraction of sp³-hybridized carbons (Fsp3) is 0.550. The first-order valence-electron chi connectivity index (χ1n) is 9.21. The topological polar surface area (TPSA) is 78.5 Å². The summed E-state index contributed by atoms with van der Waals surface area (Å²) in [5.74, 6) is -1.25. The first-order valence-corrected chi connectivity index (χ1v) is 9.21. The van der Waals surface area contributed by atoms with E-state index < -0.39 is 29.8 Å². The summed E-state index contributed by atoms with van der Waals surface area (Å²) in [6.45, 7) is 7.54. The number of carbonyl (C=O) groups excluding carboxylic acids is 3. The maximum absolute atomic E-state index is 13.9. The van der Waals surface area contributed by atoms with Crippen LogP contribution in [0, 0.1) is 24.1 Å². The van der Waals surface area contributed by atoms with Crippen LogP contribution >= 0.6 is 0 Å². The maximum atomic E-state index is 13.9. The number of hydrogen-bond acceptors (Lipinski definition) is 3. The molecule has 0 bridgehead atoms. The van der Waals surface area contributed by atoms with E-state index in [1.165, 1.54) is 12.1 Å². The number of nitrogens with zero attached hydrogens (tertiary/aromatic N) is 1. The van der Waals surface area contributed by atoms with Crippen LogP contribution in [0.4, 0.5) is 14.9 Å². The van der Waals surface area contributed by atoms with Crippen molar-refractivity contribution < 1.29 is 18.8 Å². The molecule has 1 aliphatic heterocycles. The Morgan fingerprint density at radius 1 is 1.33 bits per heavy atom. The van der Waals surface area contributed by atoms with Crippen LogP contribution < -0.4 is 10.6 Å².